The number of benzene rings is 1. The molecule has 0 saturated carbocycles. The monoisotopic (exact) mass is 273 g/mol. The number of carbonyl (C=O) groups excluding carboxylic acids is 1. The molecule has 0 aromatic heterocycles. The van der Waals surface area contributed by atoms with E-state index >= 15 is 0 Å². The second-order valence-corrected chi connectivity index (χ2v) is 5.10. The lowest BCUT2D eigenvalue weighted by Gasteiger charge is -2.24. The fraction of sp³-hybridized carbons (Fsp3) is 0.500. The van der Waals surface area contributed by atoms with Gasteiger partial charge in [0, 0.05) is 25.3 Å². The highest BCUT2D eigenvalue weighted by Crippen LogP contribution is 2.20. The van der Waals surface area contributed by atoms with Crippen LogP contribution in [0.15, 0.2) is 18.2 Å². The quantitative estimate of drug-likeness (QED) is 0.866. The van der Waals surface area contributed by atoms with E-state index in [1.54, 1.807) is 11.9 Å². The van der Waals surface area contributed by atoms with Gasteiger partial charge in [0.2, 0.25) is 0 Å². The summed E-state index contributed by atoms with van der Waals surface area (Å²) >= 11 is 0. The minimum absolute atomic E-state index is 0.0462. The third kappa shape index (κ3) is 3.99. The van der Waals surface area contributed by atoms with Crippen LogP contribution >= 0.6 is 0 Å². The molecule has 4 nitrogen and oxygen atoms in total. The van der Waals surface area contributed by atoms with Crippen molar-refractivity contribution in [2.75, 3.05) is 18.9 Å². The molecule has 0 bridgehead atoms. The van der Waals surface area contributed by atoms with Crippen LogP contribution in [0.3, 0.4) is 0 Å². The third-order valence-electron chi connectivity index (χ3n) is 3.34. The molecule has 0 heterocycles. The van der Waals surface area contributed by atoms with Gasteiger partial charge in [-0.25, -0.2) is 0 Å². The Bertz CT molecular complexity index is 505. The van der Waals surface area contributed by atoms with Crippen molar-refractivity contribution >= 4 is 11.6 Å². The van der Waals surface area contributed by atoms with E-state index in [0.29, 0.717) is 12.0 Å². The van der Waals surface area contributed by atoms with Gasteiger partial charge in [-0.1, -0.05) is 18.6 Å². The lowest BCUT2D eigenvalue weighted by Crippen LogP contribution is -2.35. The summed E-state index contributed by atoms with van der Waals surface area (Å²) in [5.74, 6) is -0.0462. The van der Waals surface area contributed by atoms with Crippen molar-refractivity contribution in [3.8, 4) is 6.07 Å². The molecule has 1 aromatic rings. The van der Waals surface area contributed by atoms with Crippen LogP contribution < -0.4 is 5.32 Å². The first-order valence-electron chi connectivity index (χ1n) is 6.99. The van der Waals surface area contributed by atoms with Gasteiger partial charge in [0.25, 0.3) is 5.91 Å². The first-order chi connectivity index (χ1) is 9.51. The highest BCUT2D eigenvalue weighted by molar-refractivity contribution is 5.99. The van der Waals surface area contributed by atoms with Crippen LogP contribution in [0, 0.1) is 18.3 Å². The highest BCUT2D eigenvalue weighted by atomic mass is 16.2. The smallest absolute Gasteiger partial charge is 0.255 e. The zero-order valence-corrected chi connectivity index (χ0v) is 12.7. The molecule has 0 aliphatic carbocycles. The molecule has 1 N–H and O–H groups in total. The second kappa shape index (κ2) is 7.54. The molecule has 0 aliphatic rings. The van der Waals surface area contributed by atoms with Crippen LogP contribution in [0.1, 0.15) is 42.6 Å². The summed E-state index contributed by atoms with van der Waals surface area (Å²) in [5.41, 5.74) is 2.58. The predicted molar refractivity (Wildman–Crippen MR) is 81.7 cm³/mol. The Balaban J connectivity index is 3.01. The first-order valence-corrected chi connectivity index (χ1v) is 6.99. The average molecular weight is 273 g/mol. The normalized spacial score (nSPS) is 11.6. The minimum Gasteiger partial charge on any atom is -0.384 e. The van der Waals surface area contributed by atoms with E-state index in [9.17, 15) is 4.79 Å². The van der Waals surface area contributed by atoms with E-state index in [1.165, 1.54) is 0 Å². The Morgan fingerprint density at radius 1 is 1.50 bits per heavy atom. The van der Waals surface area contributed by atoms with Crippen LogP contribution in [0.25, 0.3) is 0 Å². The topological polar surface area (TPSA) is 56.1 Å². The number of aryl methyl sites for hydroxylation is 1. The van der Waals surface area contributed by atoms with Gasteiger partial charge in [0.15, 0.2) is 0 Å². The summed E-state index contributed by atoms with van der Waals surface area (Å²) in [6.45, 7) is 6.78. The van der Waals surface area contributed by atoms with Crippen molar-refractivity contribution in [1.29, 1.82) is 5.26 Å². The van der Waals surface area contributed by atoms with Crippen molar-refractivity contribution < 1.29 is 4.79 Å². The zero-order chi connectivity index (χ0) is 15.1. The van der Waals surface area contributed by atoms with Gasteiger partial charge in [0.05, 0.1) is 18.1 Å². The molecule has 20 heavy (non-hydrogen) atoms. The van der Waals surface area contributed by atoms with Gasteiger partial charge in [-0.05, 0) is 32.4 Å². The molecule has 0 saturated heterocycles. The lowest BCUT2D eigenvalue weighted by molar-refractivity contribution is 0.0747. The fourth-order valence-electron chi connectivity index (χ4n) is 1.91. The summed E-state index contributed by atoms with van der Waals surface area (Å²) < 4.78 is 0. The number of amides is 1. The van der Waals surface area contributed by atoms with Gasteiger partial charge in [-0.15, -0.1) is 0 Å². The van der Waals surface area contributed by atoms with Crippen LogP contribution in [-0.4, -0.2) is 30.4 Å². The van der Waals surface area contributed by atoms with Crippen molar-refractivity contribution in [1.82, 2.24) is 4.90 Å². The number of nitrogens with one attached hydrogen (secondary N) is 1. The van der Waals surface area contributed by atoms with Gasteiger partial charge in [-0.3, -0.25) is 4.79 Å². The van der Waals surface area contributed by atoms with Gasteiger partial charge < -0.3 is 10.2 Å². The van der Waals surface area contributed by atoms with Crippen LogP contribution in [0.2, 0.25) is 0 Å². The highest BCUT2D eigenvalue weighted by Gasteiger charge is 2.20. The Hall–Kier alpha value is -2.02. The second-order valence-electron chi connectivity index (χ2n) is 5.10. The van der Waals surface area contributed by atoms with Gasteiger partial charge >= 0.3 is 0 Å². The molecule has 4 heteroatoms. The Morgan fingerprint density at radius 3 is 2.80 bits per heavy atom. The Labute approximate surface area is 121 Å². The largest absolute Gasteiger partial charge is 0.384 e. The summed E-state index contributed by atoms with van der Waals surface area (Å²) in [6, 6.07) is 7.85. The van der Waals surface area contributed by atoms with Crippen LogP contribution in [0.5, 0.6) is 0 Å². The number of hydrogen-bond donors (Lipinski definition) is 1. The lowest BCUT2D eigenvalue weighted by atomic mass is 10.1. The molecule has 1 unspecified atom stereocenters. The molecule has 1 aromatic carbocycles. The molecular weight excluding hydrogens is 250 g/mol. The summed E-state index contributed by atoms with van der Waals surface area (Å²) in [5, 5.41) is 12.0. The fourth-order valence-corrected chi connectivity index (χ4v) is 1.91. The maximum atomic E-state index is 12.6. The molecule has 0 spiro atoms. The molecule has 108 valence electrons. The Kier molecular flexibility index (Phi) is 6.05. The standard InChI is InChI=1S/C16H23N3O/c1-5-10-18-15-7-6-12(2)11-14(15)16(20)19(4)13(3)8-9-17/h6-7,11,13,18H,5,8,10H2,1-4H3. The van der Waals surface area contributed by atoms with E-state index in [1.807, 2.05) is 32.0 Å². The molecular formula is C16H23N3O. The predicted octanol–water partition coefficient (Wildman–Crippen LogP) is 3.19. The zero-order valence-electron chi connectivity index (χ0n) is 12.7. The molecule has 1 rings (SSSR count). The summed E-state index contributed by atoms with van der Waals surface area (Å²) in [4.78, 5) is 14.2. The van der Waals surface area contributed by atoms with Crippen molar-refractivity contribution in [3.63, 3.8) is 0 Å². The molecule has 0 radical (unpaired) electrons. The van der Waals surface area contributed by atoms with E-state index in [2.05, 4.69) is 18.3 Å². The number of rotatable bonds is 6. The number of nitrogens with zero attached hydrogens (tertiary/aromatic N) is 2. The van der Waals surface area contributed by atoms with Gasteiger partial charge in [0.1, 0.15) is 0 Å². The Morgan fingerprint density at radius 2 is 2.20 bits per heavy atom. The van der Waals surface area contributed by atoms with E-state index in [-0.39, 0.29) is 11.9 Å². The van der Waals surface area contributed by atoms with E-state index < -0.39 is 0 Å². The van der Waals surface area contributed by atoms with Crippen molar-refractivity contribution in [2.24, 2.45) is 0 Å². The van der Waals surface area contributed by atoms with Gasteiger partial charge in [-0.2, -0.15) is 5.26 Å². The summed E-state index contributed by atoms with van der Waals surface area (Å²) in [6.07, 6.45) is 1.34. The summed E-state index contributed by atoms with van der Waals surface area (Å²) in [7, 11) is 1.75. The third-order valence-corrected chi connectivity index (χ3v) is 3.34. The van der Waals surface area contributed by atoms with Crippen molar-refractivity contribution in [3.05, 3.63) is 29.3 Å². The van der Waals surface area contributed by atoms with Crippen LogP contribution in [-0.2, 0) is 0 Å². The molecule has 0 fully saturated rings. The molecule has 1 amide bonds. The average Bonchev–Trinajstić information content (AvgIpc) is 2.44. The number of hydrogen-bond acceptors (Lipinski definition) is 3. The molecule has 1 atom stereocenters. The van der Waals surface area contributed by atoms with Crippen molar-refractivity contribution in [2.45, 2.75) is 39.7 Å². The van der Waals surface area contributed by atoms with E-state index in [4.69, 9.17) is 5.26 Å². The SMILES string of the molecule is CCCNc1ccc(C)cc1C(=O)N(C)C(C)CC#N. The number of nitriles is 1. The number of anilines is 1. The maximum absolute atomic E-state index is 12.6. The first kappa shape index (κ1) is 16.0. The van der Waals surface area contributed by atoms with E-state index in [0.717, 1.165) is 24.2 Å². The molecule has 0 aliphatic heterocycles. The van der Waals surface area contributed by atoms with Crippen LogP contribution in [0.4, 0.5) is 5.69 Å². The maximum Gasteiger partial charge on any atom is 0.255 e. The minimum atomic E-state index is -0.0907. The number of carbonyl (C=O) groups is 1.